The summed E-state index contributed by atoms with van der Waals surface area (Å²) >= 11 is 5.79. The minimum absolute atomic E-state index is 0.608. The number of carbonyl (C=O) groups is 1. The molecule has 0 spiro atoms. The second-order valence-electron chi connectivity index (χ2n) is 3.52. The summed E-state index contributed by atoms with van der Waals surface area (Å²) in [4.78, 5) is 10.9. The Morgan fingerprint density at radius 2 is 2.21 bits per heavy atom. The second kappa shape index (κ2) is 3.17. The van der Waals surface area contributed by atoms with Gasteiger partial charge in [0.25, 0.3) is 0 Å². The zero-order valence-electron chi connectivity index (χ0n) is 7.46. The molecule has 2 rings (SSSR count). The van der Waals surface area contributed by atoms with E-state index < -0.39 is 11.5 Å². The topological polar surface area (TPSA) is 49.3 Å². The lowest BCUT2D eigenvalue weighted by molar-refractivity contribution is -0.138. The fraction of sp³-hybridized carbons (Fsp3) is 0.300. The summed E-state index contributed by atoms with van der Waals surface area (Å²) in [5, 5.41) is 12.5. The van der Waals surface area contributed by atoms with Gasteiger partial charge in [-0.05, 0) is 31.0 Å². The van der Waals surface area contributed by atoms with Crippen LogP contribution in [0.1, 0.15) is 12.8 Å². The molecule has 0 bridgehead atoms. The van der Waals surface area contributed by atoms with E-state index in [-0.39, 0.29) is 0 Å². The number of aliphatic carboxylic acids is 1. The van der Waals surface area contributed by atoms with Crippen LogP contribution < -0.4 is 5.32 Å². The van der Waals surface area contributed by atoms with Crippen molar-refractivity contribution in [2.45, 2.75) is 18.4 Å². The lowest BCUT2D eigenvalue weighted by Gasteiger charge is -2.13. The van der Waals surface area contributed by atoms with Crippen LogP contribution in [0.5, 0.6) is 0 Å². The molecule has 0 saturated heterocycles. The quantitative estimate of drug-likeness (QED) is 0.807. The molecule has 0 aliphatic heterocycles. The SMILES string of the molecule is O=C(O)C1(Nc2cccc(Cl)c2)CC1. The number of benzene rings is 1. The minimum atomic E-state index is -0.794. The molecule has 1 fully saturated rings. The van der Waals surface area contributed by atoms with Crippen molar-refractivity contribution in [2.75, 3.05) is 5.32 Å². The lowest BCUT2D eigenvalue weighted by Crippen LogP contribution is -2.31. The van der Waals surface area contributed by atoms with Crippen LogP contribution in [0.25, 0.3) is 0 Å². The maximum Gasteiger partial charge on any atom is 0.329 e. The molecule has 0 amide bonds. The monoisotopic (exact) mass is 211 g/mol. The van der Waals surface area contributed by atoms with Crippen LogP contribution in [-0.2, 0) is 4.79 Å². The van der Waals surface area contributed by atoms with Gasteiger partial charge in [-0.1, -0.05) is 17.7 Å². The van der Waals surface area contributed by atoms with Crippen molar-refractivity contribution >= 4 is 23.3 Å². The highest BCUT2D eigenvalue weighted by Crippen LogP contribution is 2.39. The molecule has 14 heavy (non-hydrogen) atoms. The molecular weight excluding hydrogens is 202 g/mol. The number of carboxylic acid groups (broad SMARTS) is 1. The van der Waals surface area contributed by atoms with Gasteiger partial charge in [-0.15, -0.1) is 0 Å². The highest BCUT2D eigenvalue weighted by atomic mass is 35.5. The summed E-state index contributed by atoms with van der Waals surface area (Å²) in [7, 11) is 0. The number of anilines is 1. The molecule has 3 nitrogen and oxygen atoms in total. The van der Waals surface area contributed by atoms with Gasteiger partial charge < -0.3 is 10.4 Å². The van der Waals surface area contributed by atoms with Crippen molar-refractivity contribution in [2.24, 2.45) is 0 Å². The van der Waals surface area contributed by atoms with Gasteiger partial charge in [-0.3, -0.25) is 0 Å². The molecule has 0 heterocycles. The van der Waals surface area contributed by atoms with Gasteiger partial charge >= 0.3 is 5.97 Å². The molecule has 1 aliphatic carbocycles. The molecule has 1 aromatic rings. The second-order valence-corrected chi connectivity index (χ2v) is 3.96. The van der Waals surface area contributed by atoms with Crippen molar-refractivity contribution in [1.82, 2.24) is 0 Å². The highest BCUT2D eigenvalue weighted by Gasteiger charge is 2.50. The number of nitrogens with one attached hydrogen (secondary N) is 1. The van der Waals surface area contributed by atoms with Crippen molar-refractivity contribution in [1.29, 1.82) is 0 Å². The van der Waals surface area contributed by atoms with Crippen LogP contribution in [0, 0.1) is 0 Å². The van der Waals surface area contributed by atoms with Crippen molar-refractivity contribution in [3.8, 4) is 0 Å². The predicted molar refractivity (Wildman–Crippen MR) is 54.7 cm³/mol. The number of hydrogen-bond donors (Lipinski definition) is 2. The van der Waals surface area contributed by atoms with E-state index in [9.17, 15) is 4.79 Å². The minimum Gasteiger partial charge on any atom is -0.480 e. The van der Waals surface area contributed by atoms with Gasteiger partial charge in [0, 0.05) is 10.7 Å². The summed E-state index contributed by atoms with van der Waals surface area (Å²) in [6, 6.07) is 7.09. The Bertz CT molecular complexity index is 374. The first kappa shape index (κ1) is 9.34. The van der Waals surface area contributed by atoms with Crippen LogP contribution in [0.3, 0.4) is 0 Å². The Morgan fingerprint density at radius 1 is 1.50 bits per heavy atom. The van der Waals surface area contributed by atoms with Gasteiger partial charge in [-0.2, -0.15) is 0 Å². The van der Waals surface area contributed by atoms with E-state index in [0.29, 0.717) is 17.9 Å². The van der Waals surface area contributed by atoms with E-state index >= 15 is 0 Å². The number of hydrogen-bond acceptors (Lipinski definition) is 2. The smallest absolute Gasteiger partial charge is 0.329 e. The fourth-order valence-electron chi connectivity index (χ4n) is 1.36. The van der Waals surface area contributed by atoms with Crippen LogP contribution in [0.4, 0.5) is 5.69 Å². The van der Waals surface area contributed by atoms with Crippen LogP contribution in [-0.4, -0.2) is 16.6 Å². The lowest BCUT2D eigenvalue weighted by atomic mass is 10.2. The highest BCUT2D eigenvalue weighted by molar-refractivity contribution is 6.30. The molecule has 1 aliphatic rings. The molecule has 4 heteroatoms. The summed E-state index contributed by atoms with van der Waals surface area (Å²) in [6.45, 7) is 0. The number of rotatable bonds is 3. The Balaban J connectivity index is 2.15. The Hall–Kier alpha value is -1.22. The molecule has 74 valence electrons. The normalized spacial score (nSPS) is 17.5. The van der Waals surface area contributed by atoms with E-state index in [4.69, 9.17) is 16.7 Å². The summed E-state index contributed by atoms with van der Waals surface area (Å²) < 4.78 is 0. The van der Waals surface area contributed by atoms with Crippen LogP contribution in [0.2, 0.25) is 5.02 Å². The van der Waals surface area contributed by atoms with Gasteiger partial charge in [0.05, 0.1) is 0 Å². The number of halogens is 1. The maximum absolute atomic E-state index is 10.9. The van der Waals surface area contributed by atoms with Gasteiger partial charge in [0.2, 0.25) is 0 Å². The zero-order valence-corrected chi connectivity index (χ0v) is 8.21. The third-order valence-electron chi connectivity index (χ3n) is 2.37. The third kappa shape index (κ3) is 1.68. The molecule has 0 radical (unpaired) electrons. The predicted octanol–water partition coefficient (Wildman–Crippen LogP) is 2.37. The van der Waals surface area contributed by atoms with E-state index in [1.54, 1.807) is 18.2 Å². The van der Waals surface area contributed by atoms with E-state index in [1.165, 1.54) is 0 Å². The van der Waals surface area contributed by atoms with E-state index in [1.807, 2.05) is 6.07 Å². The molecule has 0 unspecified atom stereocenters. The third-order valence-corrected chi connectivity index (χ3v) is 2.60. The summed E-state index contributed by atoms with van der Waals surface area (Å²) in [5.74, 6) is -0.794. The van der Waals surface area contributed by atoms with Crippen molar-refractivity contribution in [3.63, 3.8) is 0 Å². The molecule has 1 aromatic carbocycles. The van der Waals surface area contributed by atoms with Gasteiger partial charge in [0.15, 0.2) is 0 Å². The molecule has 2 N–H and O–H groups in total. The van der Waals surface area contributed by atoms with Crippen molar-refractivity contribution in [3.05, 3.63) is 29.3 Å². The molecule has 0 atom stereocenters. The van der Waals surface area contributed by atoms with E-state index in [0.717, 1.165) is 5.69 Å². The first-order valence-corrected chi connectivity index (χ1v) is 4.77. The van der Waals surface area contributed by atoms with E-state index in [2.05, 4.69) is 5.32 Å². The Kier molecular flexibility index (Phi) is 2.11. The first-order chi connectivity index (χ1) is 6.62. The average Bonchev–Trinajstić information content (AvgIpc) is 2.85. The average molecular weight is 212 g/mol. The van der Waals surface area contributed by atoms with Crippen molar-refractivity contribution < 1.29 is 9.90 Å². The molecule has 0 aromatic heterocycles. The van der Waals surface area contributed by atoms with Gasteiger partial charge in [0.1, 0.15) is 5.54 Å². The first-order valence-electron chi connectivity index (χ1n) is 4.40. The summed E-state index contributed by atoms with van der Waals surface area (Å²) in [6.07, 6.45) is 1.35. The van der Waals surface area contributed by atoms with Gasteiger partial charge in [-0.25, -0.2) is 4.79 Å². The molecular formula is C10H10ClNO2. The molecule has 1 saturated carbocycles. The zero-order chi connectivity index (χ0) is 10.2. The summed E-state index contributed by atoms with van der Waals surface area (Å²) in [5.41, 5.74) is 0.0161. The Morgan fingerprint density at radius 3 is 2.71 bits per heavy atom. The standard InChI is InChI=1S/C10H10ClNO2/c11-7-2-1-3-8(6-7)12-10(4-5-10)9(13)14/h1-3,6,12H,4-5H2,(H,13,14). The van der Waals surface area contributed by atoms with Crippen LogP contribution in [0.15, 0.2) is 24.3 Å². The largest absolute Gasteiger partial charge is 0.480 e. The maximum atomic E-state index is 10.9. The number of carboxylic acids is 1. The Labute approximate surface area is 86.7 Å². The van der Waals surface area contributed by atoms with Crippen LogP contribution >= 0.6 is 11.6 Å². The fourth-order valence-corrected chi connectivity index (χ4v) is 1.55.